The number of benzene rings is 1. The number of likely N-dealkylation sites (N-methyl/N-ethyl adjacent to an activating group) is 1. The van der Waals surface area contributed by atoms with Gasteiger partial charge in [0.15, 0.2) is 11.4 Å². The van der Waals surface area contributed by atoms with Crippen molar-refractivity contribution in [2.24, 2.45) is 17.6 Å². The highest BCUT2D eigenvalue weighted by atomic mass is 16.3. The van der Waals surface area contributed by atoms with Gasteiger partial charge in [0.05, 0.1) is 11.6 Å². The van der Waals surface area contributed by atoms with Crippen molar-refractivity contribution in [3.05, 3.63) is 69.9 Å². The molecule has 0 bridgehead atoms. The number of primary amides is 1. The number of aliphatic hydroxyl groups is 3. The largest absolute Gasteiger partial charge is 0.510 e. The van der Waals surface area contributed by atoms with Gasteiger partial charge in [-0.3, -0.25) is 24.3 Å². The number of amides is 1. The van der Waals surface area contributed by atoms with Crippen LogP contribution in [0, 0.1) is 18.8 Å². The average molecular weight is 506 g/mol. The van der Waals surface area contributed by atoms with E-state index in [9.17, 15) is 34.8 Å². The number of carbonyl (C=O) groups excluding carboxylic acids is 3. The van der Waals surface area contributed by atoms with E-state index in [0.29, 0.717) is 11.1 Å². The summed E-state index contributed by atoms with van der Waals surface area (Å²) in [4.78, 5) is 44.9. The van der Waals surface area contributed by atoms with Crippen molar-refractivity contribution in [3.8, 4) is 16.9 Å². The lowest BCUT2D eigenvalue weighted by atomic mass is 9.58. The summed E-state index contributed by atoms with van der Waals surface area (Å²) in [5, 5.41) is 44.5. The molecule has 0 saturated carbocycles. The number of nitrogens with zero attached hydrogens (tertiary/aromatic N) is 2. The molecular formula is C27H27N3O7. The Bertz CT molecular complexity index is 1460. The molecule has 1 aromatic carbocycles. The Morgan fingerprint density at radius 2 is 1.86 bits per heavy atom. The lowest BCUT2D eigenvalue weighted by Crippen LogP contribution is -2.63. The van der Waals surface area contributed by atoms with E-state index >= 15 is 0 Å². The third kappa shape index (κ3) is 3.32. The third-order valence-corrected chi connectivity index (χ3v) is 7.79. The summed E-state index contributed by atoms with van der Waals surface area (Å²) >= 11 is 0. The zero-order chi connectivity index (χ0) is 27.0. The van der Waals surface area contributed by atoms with Crippen molar-refractivity contribution in [2.75, 3.05) is 14.1 Å². The number of aryl methyl sites for hydroxylation is 1. The molecule has 0 fully saturated rings. The molecule has 1 aromatic heterocycles. The lowest BCUT2D eigenvalue weighted by molar-refractivity contribution is -0.148. The number of allylic oxidation sites excluding steroid dienone is 1. The molecule has 2 aromatic rings. The summed E-state index contributed by atoms with van der Waals surface area (Å²) in [7, 11) is 3.18. The molecule has 0 radical (unpaired) electrons. The minimum absolute atomic E-state index is 0.0280. The first-order chi connectivity index (χ1) is 17.4. The summed E-state index contributed by atoms with van der Waals surface area (Å²) in [6, 6.07) is 3.95. The van der Waals surface area contributed by atoms with E-state index in [4.69, 9.17) is 5.73 Å². The second-order valence-corrected chi connectivity index (χ2v) is 10.2. The summed E-state index contributed by atoms with van der Waals surface area (Å²) in [6.07, 6.45) is 3.60. The molecule has 0 spiro atoms. The molecule has 0 aliphatic heterocycles. The van der Waals surface area contributed by atoms with Crippen LogP contribution in [0.3, 0.4) is 0 Å². The normalized spacial score (nSPS) is 27.2. The fraction of sp³-hybridized carbons (Fsp3) is 0.333. The van der Waals surface area contributed by atoms with Crippen molar-refractivity contribution in [2.45, 2.75) is 31.4 Å². The maximum Gasteiger partial charge on any atom is 0.255 e. The van der Waals surface area contributed by atoms with Gasteiger partial charge in [0.25, 0.3) is 5.91 Å². The molecule has 1 amide bonds. The molecule has 37 heavy (non-hydrogen) atoms. The highest BCUT2D eigenvalue weighted by Gasteiger charge is 2.63. The number of ketones is 2. The number of nitrogens with two attached hydrogens (primary N) is 1. The zero-order valence-corrected chi connectivity index (χ0v) is 20.5. The van der Waals surface area contributed by atoms with Crippen LogP contribution in [0.5, 0.6) is 5.75 Å². The van der Waals surface area contributed by atoms with Gasteiger partial charge in [-0.25, -0.2) is 0 Å². The van der Waals surface area contributed by atoms with Gasteiger partial charge in [-0.1, -0.05) is 6.07 Å². The van der Waals surface area contributed by atoms with Gasteiger partial charge in [-0.2, -0.15) is 0 Å². The van der Waals surface area contributed by atoms with Crippen molar-refractivity contribution in [3.63, 3.8) is 0 Å². The fourth-order valence-electron chi connectivity index (χ4n) is 6.22. The van der Waals surface area contributed by atoms with Crippen LogP contribution < -0.4 is 5.73 Å². The predicted molar refractivity (Wildman–Crippen MR) is 132 cm³/mol. The Labute approximate surface area is 212 Å². The second-order valence-electron chi connectivity index (χ2n) is 10.2. The number of aromatic hydroxyl groups is 1. The summed E-state index contributed by atoms with van der Waals surface area (Å²) in [6.45, 7) is 1.89. The molecule has 3 aliphatic rings. The number of aromatic nitrogens is 1. The van der Waals surface area contributed by atoms with Gasteiger partial charge < -0.3 is 26.2 Å². The quantitative estimate of drug-likeness (QED) is 0.387. The molecule has 4 atom stereocenters. The molecule has 6 N–H and O–H groups in total. The number of hydrogen-bond donors (Lipinski definition) is 5. The number of hydrogen-bond acceptors (Lipinski definition) is 9. The highest BCUT2D eigenvalue weighted by molar-refractivity contribution is 6.24. The van der Waals surface area contributed by atoms with Gasteiger partial charge >= 0.3 is 0 Å². The van der Waals surface area contributed by atoms with Crippen LogP contribution in [-0.4, -0.2) is 73.5 Å². The van der Waals surface area contributed by atoms with E-state index in [-0.39, 0.29) is 29.7 Å². The van der Waals surface area contributed by atoms with E-state index < -0.39 is 58.0 Å². The van der Waals surface area contributed by atoms with Crippen molar-refractivity contribution in [1.29, 1.82) is 0 Å². The maximum absolute atomic E-state index is 13.8. The van der Waals surface area contributed by atoms with Crippen LogP contribution in [0.2, 0.25) is 0 Å². The Balaban J connectivity index is 1.73. The van der Waals surface area contributed by atoms with Crippen LogP contribution >= 0.6 is 0 Å². The number of Topliss-reactive ketones (excluding diaryl/α,β-unsaturated/α-hetero) is 2. The van der Waals surface area contributed by atoms with Crippen LogP contribution in [-0.2, 0) is 16.0 Å². The van der Waals surface area contributed by atoms with Gasteiger partial charge in [0.1, 0.15) is 22.8 Å². The number of carbonyl (C=O) groups is 3. The van der Waals surface area contributed by atoms with Crippen molar-refractivity contribution >= 4 is 17.5 Å². The first-order valence-corrected chi connectivity index (χ1v) is 11.8. The molecular weight excluding hydrogens is 478 g/mol. The Hall–Kier alpha value is -4.02. The predicted octanol–water partition coefficient (Wildman–Crippen LogP) is 1.49. The van der Waals surface area contributed by atoms with Crippen LogP contribution in [0.25, 0.3) is 11.1 Å². The second kappa shape index (κ2) is 8.25. The maximum atomic E-state index is 13.8. The van der Waals surface area contributed by atoms with Gasteiger partial charge in [0, 0.05) is 29.4 Å². The van der Waals surface area contributed by atoms with Crippen LogP contribution in [0.4, 0.5) is 0 Å². The molecule has 5 rings (SSSR count). The molecule has 4 unspecified atom stereocenters. The van der Waals surface area contributed by atoms with Crippen molar-refractivity contribution in [1.82, 2.24) is 9.88 Å². The minimum atomic E-state index is -2.65. The average Bonchev–Trinajstić information content (AvgIpc) is 2.81. The van der Waals surface area contributed by atoms with E-state index in [0.717, 1.165) is 11.1 Å². The van der Waals surface area contributed by atoms with Crippen LogP contribution in [0.15, 0.2) is 53.3 Å². The smallest absolute Gasteiger partial charge is 0.255 e. The first-order valence-electron chi connectivity index (χ1n) is 11.8. The number of phenols is 1. The minimum Gasteiger partial charge on any atom is -0.510 e. The first kappa shape index (κ1) is 24.7. The SMILES string of the molecule is Cc1cncc(-c2ccc(O)c3c2CC2CC4C(N(C)C)C(O)=C(C(N)=O)C(=O)C4(O)C(O)=C2C3=O)c1. The van der Waals surface area contributed by atoms with Gasteiger partial charge in [0.2, 0.25) is 5.78 Å². The summed E-state index contributed by atoms with van der Waals surface area (Å²) < 4.78 is 0. The molecule has 1 heterocycles. The molecule has 3 aliphatic carbocycles. The Kier molecular flexibility index (Phi) is 5.50. The number of aliphatic hydroxyl groups excluding tert-OH is 2. The summed E-state index contributed by atoms with van der Waals surface area (Å²) in [5.74, 6) is -6.71. The monoisotopic (exact) mass is 505 g/mol. The topological polar surface area (TPSA) is 174 Å². The van der Waals surface area contributed by atoms with E-state index in [1.807, 2.05) is 13.0 Å². The summed E-state index contributed by atoms with van der Waals surface area (Å²) in [5.41, 5.74) is 4.57. The van der Waals surface area contributed by atoms with E-state index in [1.54, 1.807) is 32.6 Å². The Morgan fingerprint density at radius 1 is 1.16 bits per heavy atom. The van der Waals surface area contributed by atoms with Gasteiger partial charge in [-0.15, -0.1) is 0 Å². The Morgan fingerprint density at radius 3 is 2.49 bits per heavy atom. The van der Waals surface area contributed by atoms with E-state index in [2.05, 4.69) is 4.98 Å². The zero-order valence-electron chi connectivity index (χ0n) is 20.5. The highest BCUT2D eigenvalue weighted by Crippen LogP contribution is 2.53. The molecule has 0 saturated heterocycles. The van der Waals surface area contributed by atoms with E-state index in [1.165, 1.54) is 11.0 Å². The molecule has 10 nitrogen and oxygen atoms in total. The number of pyridine rings is 1. The lowest BCUT2D eigenvalue weighted by Gasteiger charge is -2.50. The number of rotatable bonds is 3. The number of fused-ring (bicyclic) bond motifs is 3. The van der Waals surface area contributed by atoms with Crippen molar-refractivity contribution < 1.29 is 34.8 Å². The third-order valence-electron chi connectivity index (χ3n) is 7.79. The van der Waals surface area contributed by atoms with Gasteiger partial charge in [-0.05, 0) is 68.6 Å². The number of phenolic OH excluding ortho intramolecular Hbond substituents is 1. The van der Waals surface area contributed by atoms with Crippen LogP contribution in [0.1, 0.15) is 27.9 Å². The molecule has 192 valence electrons. The standard InChI is InChI=1S/C27H27N3O7/c1-11-6-13(10-29-9-11)14-4-5-17(31)19-15(14)7-12-8-16-21(30(2)3)23(33)20(26(28)36)25(35)27(16,37)24(34)18(12)22(19)32/h4-6,9-10,12,16,21,31,33-34,37H,7-8H2,1-3H3,(H2,28,36). The molecule has 10 heteroatoms. The fourth-order valence-corrected chi connectivity index (χ4v) is 6.22.